The highest BCUT2D eigenvalue weighted by molar-refractivity contribution is 8.03. The molecule has 1 saturated heterocycles. The normalized spacial score (nSPS) is 20.3. The number of carbonyl (C=O) groups is 1. The van der Waals surface area contributed by atoms with Gasteiger partial charge in [-0.15, -0.1) is 11.8 Å². The number of rotatable bonds is 1. The van der Waals surface area contributed by atoms with Crippen LogP contribution in [0.25, 0.3) is 0 Å². The monoisotopic (exact) mass is 204 g/mol. The van der Waals surface area contributed by atoms with E-state index in [1.54, 1.807) is 0 Å². The first-order chi connectivity index (χ1) is 6.11. The van der Waals surface area contributed by atoms with Crippen molar-refractivity contribution in [1.29, 1.82) is 0 Å². The summed E-state index contributed by atoms with van der Waals surface area (Å²) in [5.74, 6) is 0.726. The molecule has 6 nitrogen and oxygen atoms in total. The Kier molecular flexibility index (Phi) is 3.13. The van der Waals surface area contributed by atoms with Gasteiger partial charge in [0.05, 0.1) is 4.92 Å². The second-order valence-corrected chi connectivity index (χ2v) is 3.50. The third-order valence-electron chi connectivity index (χ3n) is 1.49. The van der Waals surface area contributed by atoms with E-state index < -0.39 is 11.0 Å². The largest absolute Gasteiger partial charge is 0.465 e. The summed E-state index contributed by atoms with van der Waals surface area (Å²) in [6, 6.07) is 0. The van der Waals surface area contributed by atoms with Crippen LogP contribution in [0, 0.1) is 10.1 Å². The molecule has 0 spiro atoms. The molecule has 1 aliphatic rings. The zero-order chi connectivity index (χ0) is 9.84. The fourth-order valence-electron chi connectivity index (χ4n) is 0.975. The van der Waals surface area contributed by atoms with Crippen LogP contribution in [0.3, 0.4) is 0 Å². The standard InChI is InChI=1S/C6H8N2O4S/c9-6(10)7-2-1-3-13-5(7)4-8(11)12/h4H,1-3H2,(H,9,10). The molecule has 0 aromatic heterocycles. The molecule has 0 aromatic carbocycles. The van der Waals surface area contributed by atoms with E-state index >= 15 is 0 Å². The maximum absolute atomic E-state index is 10.6. The quantitative estimate of drug-likeness (QED) is 0.512. The minimum Gasteiger partial charge on any atom is -0.465 e. The first kappa shape index (κ1) is 9.85. The molecular formula is C6H8N2O4S. The Balaban J connectivity index is 2.78. The lowest BCUT2D eigenvalue weighted by molar-refractivity contribution is -0.403. The number of amides is 1. The number of nitrogens with zero attached hydrogens (tertiary/aromatic N) is 2. The molecule has 0 atom stereocenters. The van der Waals surface area contributed by atoms with Crippen LogP contribution < -0.4 is 0 Å². The van der Waals surface area contributed by atoms with E-state index in [-0.39, 0.29) is 5.03 Å². The van der Waals surface area contributed by atoms with Crippen LogP contribution >= 0.6 is 11.8 Å². The van der Waals surface area contributed by atoms with Crippen molar-refractivity contribution in [2.45, 2.75) is 6.42 Å². The molecule has 1 rings (SSSR count). The lowest BCUT2D eigenvalue weighted by Crippen LogP contribution is -2.32. The third-order valence-corrected chi connectivity index (χ3v) is 2.60. The molecule has 13 heavy (non-hydrogen) atoms. The lowest BCUT2D eigenvalue weighted by atomic mass is 10.4. The molecule has 0 saturated carbocycles. The van der Waals surface area contributed by atoms with Crippen LogP contribution in [0.15, 0.2) is 11.2 Å². The van der Waals surface area contributed by atoms with Crippen LogP contribution in [-0.2, 0) is 0 Å². The van der Waals surface area contributed by atoms with Gasteiger partial charge in [-0.25, -0.2) is 4.79 Å². The zero-order valence-corrected chi connectivity index (χ0v) is 7.49. The van der Waals surface area contributed by atoms with Crippen LogP contribution in [0.5, 0.6) is 0 Å². The molecule has 7 heteroatoms. The second-order valence-electron chi connectivity index (χ2n) is 2.39. The summed E-state index contributed by atoms with van der Waals surface area (Å²) in [7, 11) is 0. The molecule has 1 aliphatic heterocycles. The fourth-order valence-corrected chi connectivity index (χ4v) is 1.94. The first-order valence-electron chi connectivity index (χ1n) is 3.60. The van der Waals surface area contributed by atoms with Crippen LogP contribution in [0.2, 0.25) is 0 Å². The summed E-state index contributed by atoms with van der Waals surface area (Å²) < 4.78 is 0. The predicted octanol–water partition coefficient (Wildman–Crippen LogP) is 1.18. The highest BCUT2D eigenvalue weighted by atomic mass is 32.2. The highest BCUT2D eigenvalue weighted by Crippen LogP contribution is 2.26. The Morgan fingerprint density at radius 1 is 1.77 bits per heavy atom. The van der Waals surface area contributed by atoms with Crippen molar-refractivity contribution in [2.75, 3.05) is 12.3 Å². The van der Waals surface area contributed by atoms with Crippen molar-refractivity contribution in [3.63, 3.8) is 0 Å². The molecule has 1 N–H and O–H groups in total. The molecule has 72 valence electrons. The summed E-state index contributed by atoms with van der Waals surface area (Å²) in [5.41, 5.74) is 0. The Hall–Kier alpha value is -1.24. The van der Waals surface area contributed by atoms with Gasteiger partial charge in [-0.2, -0.15) is 0 Å². The molecule has 1 amide bonds. The summed E-state index contributed by atoms with van der Waals surface area (Å²) in [6.07, 6.45) is 0.324. The summed E-state index contributed by atoms with van der Waals surface area (Å²) >= 11 is 1.19. The second kappa shape index (κ2) is 4.13. The van der Waals surface area contributed by atoms with Crippen molar-refractivity contribution < 1.29 is 14.8 Å². The minimum absolute atomic E-state index is 0.198. The third kappa shape index (κ3) is 2.62. The topological polar surface area (TPSA) is 83.7 Å². The number of nitro groups is 1. The SMILES string of the molecule is O=C(O)N1CCCSC1=C[N+](=O)[O-]. The van der Waals surface area contributed by atoms with E-state index in [0.717, 1.165) is 23.3 Å². The maximum Gasteiger partial charge on any atom is 0.412 e. The summed E-state index contributed by atoms with van der Waals surface area (Å²) in [4.78, 5) is 21.1. The molecule has 0 radical (unpaired) electrons. The zero-order valence-electron chi connectivity index (χ0n) is 6.67. The van der Waals surface area contributed by atoms with E-state index in [1.165, 1.54) is 11.8 Å². The minimum atomic E-state index is -1.14. The van der Waals surface area contributed by atoms with Gasteiger partial charge in [0.15, 0.2) is 5.03 Å². The van der Waals surface area contributed by atoms with Crippen LogP contribution in [0.1, 0.15) is 6.42 Å². The molecule has 0 unspecified atom stereocenters. The number of hydrogen-bond acceptors (Lipinski definition) is 4. The van der Waals surface area contributed by atoms with Gasteiger partial charge >= 0.3 is 6.09 Å². The van der Waals surface area contributed by atoms with E-state index in [1.807, 2.05) is 0 Å². The van der Waals surface area contributed by atoms with Gasteiger partial charge in [-0.3, -0.25) is 15.0 Å². The molecule has 0 aromatic rings. The number of carboxylic acid groups (broad SMARTS) is 1. The van der Waals surface area contributed by atoms with Gasteiger partial charge in [0, 0.05) is 12.3 Å². The van der Waals surface area contributed by atoms with Gasteiger partial charge in [-0.1, -0.05) is 0 Å². The number of hydrogen-bond donors (Lipinski definition) is 1. The van der Waals surface area contributed by atoms with E-state index in [2.05, 4.69) is 0 Å². The Labute approximate surface area is 78.4 Å². The average molecular weight is 204 g/mol. The van der Waals surface area contributed by atoms with Crippen molar-refractivity contribution in [2.24, 2.45) is 0 Å². The van der Waals surface area contributed by atoms with Gasteiger partial charge in [0.25, 0.3) is 6.20 Å². The highest BCUT2D eigenvalue weighted by Gasteiger charge is 2.23. The molecule has 1 fully saturated rings. The first-order valence-corrected chi connectivity index (χ1v) is 4.58. The fraction of sp³-hybridized carbons (Fsp3) is 0.500. The Morgan fingerprint density at radius 2 is 2.46 bits per heavy atom. The summed E-state index contributed by atoms with van der Waals surface area (Å²) in [6.45, 7) is 0.335. The predicted molar refractivity (Wildman–Crippen MR) is 46.9 cm³/mol. The van der Waals surface area contributed by atoms with E-state index in [4.69, 9.17) is 5.11 Å². The van der Waals surface area contributed by atoms with Gasteiger partial charge in [-0.05, 0) is 6.42 Å². The van der Waals surface area contributed by atoms with Crippen LogP contribution in [-0.4, -0.2) is 33.3 Å². The van der Waals surface area contributed by atoms with Gasteiger partial charge in [0.2, 0.25) is 0 Å². The maximum atomic E-state index is 10.6. The summed E-state index contributed by atoms with van der Waals surface area (Å²) in [5, 5.41) is 19.0. The Bertz CT molecular complexity index is 265. The van der Waals surface area contributed by atoms with Crippen LogP contribution in [0.4, 0.5) is 4.79 Å². The van der Waals surface area contributed by atoms with Crippen molar-refractivity contribution >= 4 is 17.9 Å². The van der Waals surface area contributed by atoms with Crippen molar-refractivity contribution in [1.82, 2.24) is 4.90 Å². The number of thioether (sulfide) groups is 1. The van der Waals surface area contributed by atoms with Crippen molar-refractivity contribution in [3.05, 3.63) is 21.3 Å². The van der Waals surface area contributed by atoms with Gasteiger partial charge in [0.1, 0.15) is 0 Å². The molecule has 0 bridgehead atoms. The molecule has 0 aliphatic carbocycles. The van der Waals surface area contributed by atoms with Gasteiger partial charge < -0.3 is 5.11 Å². The van der Waals surface area contributed by atoms with Crippen molar-refractivity contribution in [3.8, 4) is 0 Å². The van der Waals surface area contributed by atoms with E-state index in [9.17, 15) is 14.9 Å². The average Bonchev–Trinajstić information content (AvgIpc) is 2.03. The lowest BCUT2D eigenvalue weighted by Gasteiger charge is -2.23. The smallest absolute Gasteiger partial charge is 0.412 e. The molecular weight excluding hydrogens is 196 g/mol. The van der Waals surface area contributed by atoms with E-state index in [0.29, 0.717) is 6.54 Å². The Morgan fingerprint density at radius 3 is 3.00 bits per heavy atom. The molecule has 1 heterocycles.